The van der Waals surface area contributed by atoms with E-state index < -0.39 is 0 Å². The van der Waals surface area contributed by atoms with Gasteiger partial charge in [0.25, 0.3) is 0 Å². The predicted molar refractivity (Wildman–Crippen MR) is 178 cm³/mol. The van der Waals surface area contributed by atoms with Gasteiger partial charge in [0.15, 0.2) is 0 Å². The number of nitrogens with zero attached hydrogens (tertiary/aromatic N) is 1. The normalized spacial score (nSPS) is 11.8. The van der Waals surface area contributed by atoms with Crippen LogP contribution in [0.25, 0.3) is 65.0 Å². The van der Waals surface area contributed by atoms with Gasteiger partial charge >= 0.3 is 0 Å². The molecule has 1 heterocycles. The zero-order chi connectivity index (χ0) is 27.6. The lowest BCUT2D eigenvalue weighted by Gasteiger charge is -2.29. The fourth-order valence-electron chi connectivity index (χ4n) is 6.73. The molecule has 0 bridgehead atoms. The van der Waals surface area contributed by atoms with Crippen molar-refractivity contribution in [3.05, 3.63) is 152 Å². The van der Waals surface area contributed by atoms with Gasteiger partial charge in [-0.05, 0) is 57.3 Å². The van der Waals surface area contributed by atoms with Gasteiger partial charge in [-0.25, -0.2) is 0 Å². The van der Waals surface area contributed by atoms with Crippen LogP contribution in [-0.4, -0.2) is 0 Å². The molecule has 0 fully saturated rings. The number of benzene rings is 8. The molecule has 0 aliphatic carbocycles. The Morgan fingerprint density at radius 2 is 0.976 bits per heavy atom. The highest BCUT2D eigenvalue weighted by atomic mass is 16.3. The zero-order valence-electron chi connectivity index (χ0n) is 22.8. The van der Waals surface area contributed by atoms with Gasteiger partial charge in [0.05, 0.1) is 17.1 Å². The summed E-state index contributed by atoms with van der Waals surface area (Å²) in [5.41, 5.74) is 5.19. The summed E-state index contributed by atoms with van der Waals surface area (Å²) in [5.74, 6) is 0. The third-order valence-corrected chi connectivity index (χ3v) is 8.60. The van der Waals surface area contributed by atoms with Gasteiger partial charge in [0.1, 0.15) is 11.2 Å². The van der Waals surface area contributed by atoms with Crippen LogP contribution in [0.3, 0.4) is 0 Å². The predicted octanol–water partition coefficient (Wildman–Crippen LogP) is 11.7. The molecule has 0 amide bonds. The first kappa shape index (κ1) is 23.1. The third-order valence-electron chi connectivity index (χ3n) is 8.60. The minimum absolute atomic E-state index is 0.905. The van der Waals surface area contributed by atoms with Crippen molar-refractivity contribution in [1.29, 1.82) is 0 Å². The maximum atomic E-state index is 6.65. The lowest BCUT2D eigenvalue weighted by atomic mass is 9.97. The average molecular weight is 536 g/mol. The summed E-state index contributed by atoms with van der Waals surface area (Å²) < 4.78 is 6.65. The fraction of sp³-hybridized carbons (Fsp3) is 0. The first-order chi connectivity index (χ1) is 20.8. The number of furan rings is 1. The van der Waals surface area contributed by atoms with Gasteiger partial charge in [0.2, 0.25) is 0 Å². The number of rotatable bonds is 3. The van der Waals surface area contributed by atoms with E-state index in [0.717, 1.165) is 49.8 Å². The fourth-order valence-corrected chi connectivity index (χ4v) is 6.73. The van der Waals surface area contributed by atoms with E-state index in [2.05, 4.69) is 150 Å². The van der Waals surface area contributed by atoms with Crippen molar-refractivity contribution in [2.24, 2.45) is 0 Å². The van der Waals surface area contributed by atoms with E-state index in [0.29, 0.717) is 0 Å². The topological polar surface area (TPSA) is 16.4 Å². The Labute approximate surface area is 242 Å². The number of fused-ring (bicyclic) bond motifs is 9. The first-order valence-electron chi connectivity index (χ1n) is 14.4. The minimum Gasteiger partial charge on any atom is -0.455 e. The Morgan fingerprint density at radius 3 is 1.83 bits per heavy atom. The molecule has 2 heteroatoms. The summed E-state index contributed by atoms with van der Waals surface area (Å²) in [6.07, 6.45) is 0. The minimum atomic E-state index is 0.905. The molecule has 8 aromatic carbocycles. The Bertz CT molecular complexity index is 2480. The Kier molecular flexibility index (Phi) is 4.93. The van der Waals surface area contributed by atoms with Gasteiger partial charge in [-0.2, -0.15) is 0 Å². The smallest absolute Gasteiger partial charge is 0.145 e. The summed E-state index contributed by atoms with van der Waals surface area (Å²) in [5, 5.41) is 11.8. The lowest BCUT2D eigenvalue weighted by molar-refractivity contribution is 0.672. The highest BCUT2D eigenvalue weighted by Crippen LogP contribution is 2.48. The van der Waals surface area contributed by atoms with Crippen LogP contribution < -0.4 is 4.90 Å². The average Bonchev–Trinajstić information content (AvgIpc) is 3.44. The van der Waals surface area contributed by atoms with E-state index in [1.165, 1.54) is 32.3 Å². The van der Waals surface area contributed by atoms with E-state index in [4.69, 9.17) is 4.42 Å². The molecular formula is C40H25NO. The number of hydrogen-bond donors (Lipinski definition) is 0. The molecule has 0 aliphatic heterocycles. The van der Waals surface area contributed by atoms with E-state index in [9.17, 15) is 0 Å². The number of anilines is 3. The number of para-hydroxylation sites is 1. The number of hydrogen-bond acceptors (Lipinski definition) is 2. The van der Waals surface area contributed by atoms with Crippen molar-refractivity contribution >= 4 is 82.1 Å². The molecule has 0 aliphatic rings. The van der Waals surface area contributed by atoms with Crippen molar-refractivity contribution in [3.8, 4) is 0 Å². The van der Waals surface area contributed by atoms with Crippen molar-refractivity contribution in [2.75, 3.05) is 4.90 Å². The monoisotopic (exact) mass is 535 g/mol. The molecule has 1 aromatic heterocycles. The van der Waals surface area contributed by atoms with Gasteiger partial charge < -0.3 is 9.32 Å². The molecule has 9 rings (SSSR count). The van der Waals surface area contributed by atoms with E-state index >= 15 is 0 Å². The van der Waals surface area contributed by atoms with Crippen LogP contribution in [0.4, 0.5) is 17.1 Å². The van der Waals surface area contributed by atoms with Crippen molar-refractivity contribution < 1.29 is 4.42 Å². The lowest BCUT2D eigenvalue weighted by Crippen LogP contribution is -2.12. The molecule has 0 unspecified atom stereocenters. The summed E-state index contributed by atoms with van der Waals surface area (Å²) in [6.45, 7) is 0. The van der Waals surface area contributed by atoms with E-state index in [-0.39, 0.29) is 0 Å². The Hall–Kier alpha value is -5.60. The van der Waals surface area contributed by atoms with Crippen LogP contribution in [0.2, 0.25) is 0 Å². The molecule has 2 nitrogen and oxygen atoms in total. The first-order valence-corrected chi connectivity index (χ1v) is 14.4. The van der Waals surface area contributed by atoms with Crippen LogP contribution in [0.15, 0.2) is 156 Å². The Balaban J connectivity index is 1.48. The van der Waals surface area contributed by atoms with Crippen molar-refractivity contribution in [1.82, 2.24) is 0 Å². The second kappa shape index (κ2) is 8.95. The van der Waals surface area contributed by atoms with Crippen LogP contribution in [-0.2, 0) is 0 Å². The van der Waals surface area contributed by atoms with Crippen molar-refractivity contribution in [3.63, 3.8) is 0 Å². The largest absolute Gasteiger partial charge is 0.455 e. The zero-order valence-corrected chi connectivity index (χ0v) is 22.8. The van der Waals surface area contributed by atoms with Crippen LogP contribution in [0.5, 0.6) is 0 Å². The second-order valence-electron chi connectivity index (χ2n) is 10.9. The van der Waals surface area contributed by atoms with Crippen LogP contribution >= 0.6 is 0 Å². The SMILES string of the molecule is c1ccc2c(N(c3cc4ccccc4c4ccccc34)c3cccc4ccc5c6ccccc6oc5c34)cccc2c1. The molecule has 0 radical (unpaired) electrons. The second-order valence-corrected chi connectivity index (χ2v) is 10.9. The highest BCUT2D eigenvalue weighted by molar-refractivity contribution is 6.22. The van der Waals surface area contributed by atoms with Crippen LogP contribution in [0, 0.1) is 0 Å². The molecule has 0 N–H and O–H groups in total. The molecule has 196 valence electrons. The Morgan fingerprint density at radius 1 is 0.357 bits per heavy atom. The van der Waals surface area contributed by atoms with Gasteiger partial charge in [-0.3, -0.25) is 0 Å². The van der Waals surface area contributed by atoms with Gasteiger partial charge in [-0.15, -0.1) is 0 Å². The van der Waals surface area contributed by atoms with Gasteiger partial charge in [-0.1, -0.05) is 121 Å². The van der Waals surface area contributed by atoms with E-state index in [1.807, 2.05) is 6.07 Å². The van der Waals surface area contributed by atoms with Crippen LogP contribution in [0.1, 0.15) is 0 Å². The maximum Gasteiger partial charge on any atom is 0.145 e. The molecule has 0 saturated carbocycles. The highest BCUT2D eigenvalue weighted by Gasteiger charge is 2.23. The summed E-state index contributed by atoms with van der Waals surface area (Å²) >= 11 is 0. The molecule has 42 heavy (non-hydrogen) atoms. The maximum absolute atomic E-state index is 6.65. The third kappa shape index (κ3) is 3.33. The molecular weight excluding hydrogens is 510 g/mol. The molecule has 0 spiro atoms. The van der Waals surface area contributed by atoms with Gasteiger partial charge in [0, 0.05) is 26.9 Å². The summed E-state index contributed by atoms with van der Waals surface area (Å²) in [4.78, 5) is 2.45. The molecule has 0 atom stereocenters. The van der Waals surface area contributed by atoms with E-state index in [1.54, 1.807) is 0 Å². The quantitative estimate of drug-likeness (QED) is 0.209. The van der Waals surface area contributed by atoms with Crippen molar-refractivity contribution in [2.45, 2.75) is 0 Å². The summed E-state index contributed by atoms with van der Waals surface area (Å²) in [7, 11) is 0. The molecule has 0 saturated heterocycles. The molecule has 9 aromatic rings. The standard InChI is InChI=1S/C40H25NO/c1-4-16-30-26(11-1)13-9-20-35(30)41(37-25-28-12-2-3-15-29(28)31-17-5-6-18-32(31)37)36-21-10-14-27-23-24-34-33-19-7-8-22-38(33)42-40(34)39(27)36/h1-25H. The summed E-state index contributed by atoms with van der Waals surface area (Å²) in [6, 6.07) is 54.4.